The Morgan fingerprint density at radius 2 is 2.00 bits per heavy atom. The maximum atomic E-state index is 10.5. The second-order valence-electron chi connectivity index (χ2n) is 4.87. The zero-order valence-corrected chi connectivity index (χ0v) is 12.4. The van der Waals surface area contributed by atoms with Gasteiger partial charge in [-0.2, -0.15) is 0 Å². The van der Waals surface area contributed by atoms with Gasteiger partial charge in [-0.15, -0.1) is 11.6 Å². The van der Waals surface area contributed by atoms with Crippen molar-refractivity contribution in [2.45, 2.75) is 31.6 Å². The molecule has 0 aliphatic heterocycles. The van der Waals surface area contributed by atoms with Gasteiger partial charge in [0.1, 0.15) is 0 Å². The summed E-state index contributed by atoms with van der Waals surface area (Å²) in [6, 6.07) is 8.36. The largest absolute Gasteiger partial charge is 0.481 e. The summed E-state index contributed by atoms with van der Waals surface area (Å²) in [6.45, 7) is 3.34. The molecule has 0 spiro atoms. The van der Waals surface area contributed by atoms with Crippen molar-refractivity contribution in [3.05, 3.63) is 35.4 Å². The molecule has 0 aliphatic carbocycles. The highest BCUT2D eigenvalue weighted by Crippen LogP contribution is 2.22. The molecule has 0 heterocycles. The zero-order valence-electron chi connectivity index (χ0n) is 11.6. The highest BCUT2D eigenvalue weighted by atomic mass is 35.5. The second kappa shape index (κ2) is 8.18. The average molecular weight is 284 g/mol. The van der Waals surface area contributed by atoms with E-state index in [9.17, 15) is 4.79 Å². The molecule has 0 aliphatic rings. The molecule has 106 valence electrons. The van der Waals surface area contributed by atoms with Crippen LogP contribution in [0.4, 0.5) is 0 Å². The number of nitrogens with zero attached hydrogens (tertiary/aromatic N) is 1. The minimum atomic E-state index is -0.776. The Morgan fingerprint density at radius 1 is 1.37 bits per heavy atom. The van der Waals surface area contributed by atoms with Gasteiger partial charge in [0.2, 0.25) is 0 Å². The molecule has 0 amide bonds. The van der Waals surface area contributed by atoms with Gasteiger partial charge in [-0.05, 0) is 24.6 Å². The molecule has 1 N–H and O–H groups in total. The second-order valence-corrected chi connectivity index (χ2v) is 5.39. The van der Waals surface area contributed by atoms with E-state index < -0.39 is 5.97 Å². The molecule has 0 saturated heterocycles. The lowest BCUT2D eigenvalue weighted by molar-refractivity contribution is -0.137. The van der Waals surface area contributed by atoms with Crippen molar-refractivity contribution < 1.29 is 9.90 Å². The van der Waals surface area contributed by atoms with E-state index in [4.69, 9.17) is 16.7 Å². The van der Waals surface area contributed by atoms with Crippen LogP contribution in [-0.2, 0) is 11.2 Å². The lowest BCUT2D eigenvalue weighted by Crippen LogP contribution is -2.25. The van der Waals surface area contributed by atoms with Gasteiger partial charge in [-0.3, -0.25) is 4.79 Å². The minimum Gasteiger partial charge on any atom is -0.481 e. The van der Waals surface area contributed by atoms with Crippen molar-refractivity contribution in [3.63, 3.8) is 0 Å². The topological polar surface area (TPSA) is 40.5 Å². The monoisotopic (exact) mass is 283 g/mol. The van der Waals surface area contributed by atoms with Crippen LogP contribution in [0.25, 0.3) is 0 Å². The molecule has 0 fully saturated rings. The Bertz CT molecular complexity index is 392. The Labute approximate surface area is 120 Å². The Morgan fingerprint density at radius 3 is 2.53 bits per heavy atom. The summed E-state index contributed by atoms with van der Waals surface area (Å²) in [4.78, 5) is 12.4. The molecule has 1 unspecified atom stereocenters. The number of hydrogen-bond acceptors (Lipinski definition) is 2. The smallest absolute Gasteiger partial charge is 0.304 e. The fourth-order valence-electron chi connectivity index (χ4n) is 1.94. The molecule has 0 aromatic heterocycles. The van der Waals surface area contributed by atoms with E-state index in [-0.39, 0.29) is 11.8 Å². The zero-order chi connectivity index (χ0) is 14.3. The van der Waals surface area contributed by atoms with Crippen LogP contribution in [0, 0.1) is 0 Å². The lowest BCUT2D eigenvalue weighted by atomic mass is 10.1. The molecular weight excluding hydrogens is 262 g/mol. The number of rotatable bonds is 8. The lowest BCUT2D eigenvalue weighted by Gasteiger charge is -2.19. The third-order valence-electron chi connectivity index (χ3n) is 3.06. The van der Waals surface area contributed by atoms with E-state index in [1.165, 1.54) is 5.56 Å². The first-order valence-corrected chi connectivity index (χ1v) is 7.09. The van der Waals surface area contributed by atoms with Crippen molar-refractivity contribution in [2.75, 3.05) is 20.1 Å². The van der Waals surface area contributed by atoms with Crippen LogP contribution in [-0.4, -0.2) is 36.1 Å². The summed E-state index contributed by atoms with van der Waals surface area (Å²) < 4.78 is 0. The Hall–Kier alpha value is -1.06. The SMILES string of the molecule is CCCc1ccc(C(Cl)CN(C)CCC(=O)O)cc1. The maximum Gasteiger partial charge on any atom is 0.304 e. The highest BCUT2D eigenvalue weighted by molar-refractivity contribution is 6.21. The summed E-state index contributed by atoms with van der Waals surface area (Å²) in [7, 11) is 1.89. The predicted octanol–water partition coefficient (Wildman–Crippen LogP) is 3.33. The number of carbonyl (C=O) groups is 1. The van der Waals surface area contributed by atoms with Gasteiger partial charge in [0.15, 0.2) is 0 Å². The van der Waals surface area contributed by atoms with Crippen LogP contribution in [0.2, 0.25) is 0 Å². The fourth-order valence-corrected chi connectivity index (χ4v) is 2.32. The van der Waals surface area contributed by atoms with Gasteiger partial charge in [-0.1, -0.05) is 37.6 Å². The molecule has 0 saturated carbocycles. The van der Waals surface area contributed by atoms with Crippen LogP contribution in [0.5, 0.6) is 0 Å². The number of aryl methyl sites for hydroxylation is 1. The quantitative estimate of drug-likeness (QED) is 0.744. The van der Waals surface area contributed by atoms with Gasteiger partial charge in [0, 0.05) is 13.1 Å². The van der Waals surface area contributed by atoms with Gasteiger partial charge in [0.25, 0.3) is 0 Å². The number of aliphatic carboxylic acids is 1. The van der Waals surface area contributed by atoms with Crippen molar-refractivity contribution in [3.8, 4) is 0 Å². The van der Waals surface area contributed by atoms with E-state index in [1.807, 2.05) is 11.9 Å². The highest BCUT2D eigenvalue weighted by Gasteiger charge is 2.11. The first kappa shape index (κ1) is 16.0. The molecule has 1 rings (SSSR count). The van der Waals surface area contributed by atoms with Gasteiger partial charge in [-0.25, -0.2) is 0 Å². The molecule has 1 aromatic rings. The first-order chi connectivity index (χ1) is 9.02. The first-order valence-electron chi connectivity index (χ1n) is 6.66. The summed E-state index contributed by atoms with van der Waals surface area (Å²) in [5, 5.41) is 8.53. The van der Waals surface area contributed by atoms with Crippen LogP contribution < -0.4 is 0 Å². The van der Waals surface area contributed by atoms with Crippen LogP contribution in [0.3, 0.4) is 0 Å². The molecule has 1 atom stereocenters. The number of carboxylic acids is 1. The van der Waals surface area contributed by atoms with Crippen LogP contribution in [0.1, 0.15) is 36.3 Å². The number of carboxylic acid groups (broad SMARTS) is 1. The molecule has 3 nitrogen and oxygen atoms in total. The van der Waals surface area contributed by atoms with Crippen molar-refractivity contribution >= 4 is 17.6 Å². The van der Waals surface area contributed by atoms with Crippen molar-refractivity contribution in [2.24, 2.45) is 0 Å². The maximum absolute atomic E-state index is 10.5. The van der Waals surface area contributed by atoms with Crippen molar-refractivity contribution in [1.29, 1.82) is 0 Å². The van der Waals surface area contributed by atoms with Crippen LogP contribution >= 0.6 is 11.6 Å². The van der Waals surface area contributed by atoms with Gasteiger partial charge < -0.3 is 10.0 Å². The molecule has 4 heteroatoms. The average Bonchev–Trinajstić information content (AvgIpc) is 2.37. The molecule has 1 aromatic carbocycles. The van der Waals surface area contributed by atoms with E-state index in [0.29, 0.717) is 13.1 Å². The summed E-state index contributed by atoms with van der Waals surface area (Å²) in [5.41, 5.74) is 2.41. The molecular formula is C15H22ClNO2. The van der Waals surface area contributed by atoms with Gasteiger partial charge >= 0.3 is 5.97 Å². The van der Waals surface area contributed by atoms with E-state index in [1.54, 1.807) is 0 Å². The third kappa shape index (κ3) is 6.08. The fraction of sp³-hybridized carbons (Fsp3) is 0.533. The molecule has 19 heavy (non-hydrogen) atoms. The predicted molar refractivity (Wildman–Crippen MR) is 78.8 cm³/mol. The Kier molecular flexibility index (Phi) is 6.89. The molecule has 0 bridgehead atoms. The summed E-state index contributed by atoms with van der Waals surface area (Å²) in [6.07, 6.45) is 2.38. The Balaban J connectivity index is 2.47. The third-order valence-corrected chi connectivity index (χ3v) is 3.45. The number of hydrogen-bond donors (Lipinski definition) is 1. The normalized spacial score (nSPS) is 12.6. The van der Waals surface area contributed by atoms with Gasteiger partial charge in [0.05, 0.1) is 11.8 Å². The number of benzene rings is 1. The summed E-state index contributed by atoms with van der Waals surface area (Å²) in [5.74, 6) is -0.776. The number of halogens is 1. The molecule has 0 radical (unpaired) electrons. The number of likely N-dealkylation sites (N-methyl/N-ethyl adjacent to an activating group) is 1. The van der Waals surface area contributed by atoms with Crippen molar-refractivity contribution in [1.82, 2.24) is 4.90 Å². The minimum absolute atomic E-state index is 0.102. The van der Waals surface area contributed by atoms with E-state index in [0.717, 1.165) is 18.4 Å². The van der Waals surface area contributed by atoms with Crippen LogP contribution in [0.15, 0.2) is 24.3 Å². The standard InChI is InChI=1S/C15H22ClNO2/c1-3-4-12-5-7-13(8-6-12)14(16)11-17(2)10-9-15(18)19/h5-8,14H,3-4,9-11H2,1-2H3,(H,18,19). The van der Waals surface area contributed by atoms with E-state index in [2.05, 4.69) is 31.2 Å². The number of alkyl halides is 1. The van der Waals surface area contributed by atoms with E-state index >= 15 is 0 Å². The summed E-state index contributed by atoms with van der Waals surface area (Å²) >= 11 is 6.36.